The van der Waals surface area contributed by atoms with Gasteiger partial charge in [-0.2, -0.15) is 0 Å². The van der Waals surface area contributed by atoms with Crippen LogP contribution >= 0.6 is 0 Å². The molecular formula is C18H27NO2. The van der Waals surface area contributed by atoms with Gasteiger partial charge in [-0.05, 0) is 50.6 Å². The number of hydrogen-bond donors (Lipinski definition) is 1. The molecule has 0 amide bonds. The molecule has 1 aliphatic carbocycles. The molecule has 0 aromatic heterocycles. The van der Waals surface area contributed by atoms with Gasteiger partial charge in [0.05, 0.1) is 12.2 Å². The van der Waals surface area contributed by atoms with Crippen LogP contribution in [0.5, 0.6) is 5.75 Å². The number of aryl methyl sites for hydroxylation is 1. The number of benzene rings is 1. The van der Waals surface area contributed by atoms with Crippen molar-refractivity contribution in [3.8, 4) is 5.75 Å². The Morgan fingerprint density at radius 3 is 2.86 bits per heavy atom. The summed E-state index contributed by atoms with van der Waals surface area (Å²) in [4.78, 5) is 0. The summed E-state index contributed by atoms with van der Waals surface area (Å²) in [6, 6.07) is 6.92. The van der Waals surface area contributed by atoms with Crippen LogP contribution < -0.4 is 10.1 Å². The Morgan fingerprint density at radius 1 is 1.33 bits per heavy atom. The van der Waals surface area contributed by atoms with Gasteiger partial charge in [-0.3, -0.25) is 0 Å². The van der Waals surface area contributed by atoms with Gasteiger partial charge in [0.2, 0.25) is 0 Å². The van der Waals surface area contributed by atoms with Crippen LogP contribution in [0.3, 0.4) is 0 Å². The fourth-order valence-electron chi connectivity index (χ4n) is 3.66. The molecule has 21 heavy (non-hydrogen) atoms. The van der Waals surface area contributed by atoms with Crippen LogP contribution in [0.25, 0.3) is 0 Å². The smallest absolute Gasteiger partial charge is 0.127 e. The normalized spacial score (nSPS) is 21.0. The second-order valence-corrected chi connectivity index (χ2v) is 6.34. The lowest BCUT2D eigenvalue weighted by Crippen LogP contribution is -2.43. The van der Waals surface area contributed by atoms with Crippen LogP contribution in [0.1, 0.15) is 56.2 Å². The summed E-state index contributed by atoms with van der Waals surface area (Å²) in [5.41, 5.74) is 2.75. The van der Waals surface area contributed by atoms with Crippen LogP contribution in [0.15, 0.2) is 18.2 Å². The van der Waals surface area contributed by atoms with Crippen molar-refractivity contribution in [2.45, 2.75) is 57.1 Å². The van der Waals surface area contributed by atoms with Gasteiger partial charge >= 0.3 is 0 Å². The van der Waals surface area contributed by atoms with Crippen LogP contribution in [0.4, 0.5) is 0 Å². The van der Waals surface area contributed by atoms with Crippen molar-refractivity contribution in [3.05, 3.63) is 29.3 Å². The van der Waals surface area contributed by atoms with E-state index in [9.17, 15) is 0 Å². The summed E-state index contributed by atoms with van der Waals surface area (Å²) in [6.45, 7) is 3.98. The second kappa shape index (κ2) is 6.37. The first-order valence-corrected chi connectivity index (χ1v) is 8.31. The van der Waals surface area contributed by atoms with Gasteiger partial charge in [0.25, 0.3) is 0 Å². The minimum absolute atomic E-state index is 0.0736. The molecule has 1 aliphatic heterocycles. The summed E-state index contributed by atoms with van der Waals surface area (Å²) in [6.07, 6.45) is 6.96. The topological polar surface area (TPSA) is 30.5 Å². The Balaban J connectivity index is 1.86. The van der Waals surface area contributed by atoms with Crippen molar-refractivity contribution in [3.63, 3.8) is 0 Å². The first-order chi connectivity index (χ1) is 10.3. The highest BCUT2D eigenvalue weighted by molar-refractivity contribution is 5.44. The monoisotopic (exact) mass is 289 g/mol. The van der Waals surface area contributed by atoms with E-state index in [0.29, 0.717) is 6.04 Å². The standard InChI is InChI=1S/C18H27NO2/c1-3-19-16(13-18(20-2)10-6-11-18)15-9-4-7-14-8-5-12-21-17(14)15/h4,7,9,16,19H,3,5-6,8,10-13H2,1-2H3. The molecule has 1 atom stereocenters. The maximum Gasteiger partial charge on any atom is 0.127 e. The largest absolute Gasteiger partial charge is 0.493 e. The summed E-state index contributed by atoms with van der Waals surface area (Å²) in [5, 5.41) is 3.65. The predicted molar refractivity (Wildman–Crippen MR) is 84.9 cm³/mol. The van der Waals surface area contributed by atoms with E-state index in [2.05, 4.69) is 30.4 Å². The van der Waals surface area contributed by atoms with Gasteiger partial charge in [-0.15, -0.1) is 0 Å². The van der Waals surface area contributed by atoms with Crippen LogP contribution in [0.2, 0.25) is 0 Å². The highest BCUT2D eigenvalue weighted by Crippen LogP contribution is 2.44. The molecule has 1 aromatic carbocycles. The van der Waals surface area contributed by atoms with Crippen LogP contribution in [-0.4, -0.2) is 25.9 Å². The van der Waals surface area contributed by atoms with E-state index >= 15 is 0 Å². The fourth-order valence-corrected chi connectivity index (χ4v) is 3.66. The molecule has 1 aromatic rings. The van der Waals surface area contributed by atoms with Gasteiger partial charge in [-0.25, -0.2) is 0 Å². The third kappa shape index (κ3) is 2.95. The van der Waals surface area contributed by atoms with Crippen molar-refractivity contribution in [1.29, 1.82) is 0 Å². The molecule has 0 saturated heterocycles. The minimum atomic E-state index is 0.0736. The third-order valence-corrected chi connectivity index (χ3v) is 5.06. The van der Waals surface area contributed by atoms with Gasteiger partial charge in [-0.1, -0.05) is 25.1 Å². The summed E-state index contributed by atoms with van der Waals surface area (Å²) in [5.74, 6) is 1.13. The zero-order valence-corrected chi connectivity index (χ0v) is 13.3. The molecule has 1 fully saturated rings. The van der Waals surface area contributed by atoms with Crippen LogP contribution in [0, 0.1) is 0 Å². The van der Waals surface area contributed by atoms with Crippen molar-refractivity contribution < 1.29 is 9.47 Å². The average Bonchev–Trinajstić information content (AvgIpc) is 2.49. The van der Waals surface area contributed by atoms with E-state index in [1.165, 1.54) is 30.4 Å². The average molecular weight is 289 g/mol. The van der Waals surface area contributed by atoms with Gasteiger partial charge in [0, 0.05) is 18.7 Å². The van der Waals surface area contributed by atoms with Crippen molar-refractivity contribution in [2.24, 2.45) is 0 Å². The molecule has 0 bridgehead atoms. The number of fused-ring (bicyclic) bond motifs is 1. The Hall–Kier alpha value is -1.06. The zero-order chi connectivity index (χ0) is 14.7. The summed E-state index contributed by atoms with van der Waals surface area (Å²) in [7, 11) is 1.86. The van der Waals surface area contributed by atoms with E-state index < -0.39 is 0 Å². The number of para-hydroxylation sites is 1. The Morgan fingerprint density at radius 2 is 2.19 bits per heavy atom. The van der Waals surface area contributed by atoms with Crippen molar-refractivity contribution in [1.82, 2.24) is 5.32 Å². The zero-order valence-electron chi connectivity index (χ0n) is 13.3. The molecule has 3 heteroatoms. The number of nitrogens with one attached hydrogen (secondary N) is 1. The lowest BCUT2D eigenvalue weighted by molar-refractivity contribution is -0.0838. The Kier molecular flexibility index (Phi) is 4.51. The molecule has 0 radical (unpaired) electrons. The van der Waals surface area contributed by atoms with Crippen LogP contribution in [-0.2, 0) is 11.2 Å². The maximum absolute atomic E-state index is 6.00. The highest BCUT2D eigenvalue weighted by Gasteiger charge is 2.40. The van der Waals surface area contributed by atoms with E-state index in [0.717, 1.165) is 38.2 Å². The van der Waals surface area contributed by atoms with E-state index in [1.54, 1.807) is 0 Å². The molecular weight excluding hydrogens is 262 g/mol. The molecule has 1 saturated carbocycles. The van der Waals surface area contributed by atoms with Crippen molar-refractivity contribution >= 4 is 0 Å². The molecule has 1 N–H and O–H groups in total. The van der Waals surface area contributed by atoms with E-state index in [4.69, 9.17) is 9.47 Å². The van der Waals surface area contributed by atoms with Gasteiger partial charge in [0.15, 0.2) is 0 Å². The summed E-state index contributed by atoms with van der Waals surface area (Å²) < 4.78 is 11.8. The van der Waals surface area contributed by atoms with Gasteiger partial charge < -0.3 is 14.8 Å². The van der Waals surface area contributed by atoms with Gasteiger partial charge in [0.1, 0.15) is 5.75 Å². The Labute approximate surface area is 128 Å². The fraction of sp³-hybridized carbons (Fsp3) is 0.667. The number of methoxy groups -OCH3 is 1. The first-order valence-electron chi connectivity index (χ1n) is 8.31. The third-order valence-electron chi connectivity index (χ3n) is 5.06. The predicted octanol–water partition coefficient (Wildman–Crippen LogP) is 3.62. The second-order valence-electron chi connectivity index (χ2n) is 6.34. The van der Waals surface area contributed by atoms with E-state index in [1.807, 2.05) is 7.11 Å². The SMILES string of the molecule is CCNC(CC1(OC)CCC1)c1cccc2c1OCCC2. The molecule has 3 rings (SSSR count). The molecule has 1 heterocycles. The molecule has 0 spiro atoms. The number of ether oxygens (including phenoxy) is 2. The maximum atomic E-state index is 6.00. The van der Waals surface area contributed by atoms with E-state index in [-0.39, 0.29) is 5.60 Å². The highest BCUT2D eigenvalue weighted by atomic mass is 16.5. The lowest BCUT2D eigenvalue weighted by atomic mass is 9.74. The minimum Gasteiger partial charge on any atom is -0.493 e. The molecule has 116 valence electrons. The molecule has 1 unspecified atom stereocenters. The molecule has 2 aliphatic rings. The lowest BCUT2D eigenvalue weighted by Gasteiger charge is -2.43. The number of rotatable bonds is 6. The molecule has 3 nitrogen and oxygen atoms in total. The quantitative estimate of drug-likeness (QED) is 0.867. The summed E-state index contributed by atoms with van der Waals surface area (Å²) >= 11 is 0. The first kappa shape index (κ1) is 14.9. The van der Waals surface area contributed by atoms with Crippen molar-refractivity contribution in [2.75, 3.05) is 20.3 Å². The Bertz CT molecular complexity index is 477. The number of hydrogen-bond acceptors (Lipinski definition) is 3.